The summed E-state index contributed by atoms with van der Waals surface area (Å²) >= 11 is 0. The lowest BCUT2D eigenvalue weighted by atomic mass is 9.95. The Morgan fingerprint density at radius 3 is 3.00 bits per heavy atom. The molecule has 2 heterocycles. The predicted molar refractivity (Wildman–Crippen MR) is 70.6 cm³/mol. The maximum atomic E-state index is 5.45. The molecule has 2 unspecified atom stereocenters. The molecule has 2 aromatic heterocycles. The van der Waals surface area contributed by atoms with Crippen molar-refractivity contribution >= 4 is 0 Å². The monoisotopic (exact) mass is 261 g/mol. The number of rotatable bonds is 3. The Balaban J connectivity index is 1.84. The van der Waals surface area contributed by atoms with Gasteiger partial charge in [0.25, 0.3) is 0 Å². The molecule has 102 valence electrons. The second-order valence-electron chi connectivity index (χ2n) is 5.03. The summed E-state index contributed by atoms with van der Waals surface area (Å²) in [6.45, 7) is 0. The molecule has 1 fully saturated rings. The van der Waals surface area contributed by atoms with Gasteiger partial charge in [-0.2, -0.15) is 4.98 Å². The van der Waals surface area contributed by atoms with Crippen molar-refractivity contribution in [3.63, 3.8) is 0 Å². The van der Waals surface area contributed by atoms with Gasteiger partial charge in [0.15, 0.2) is 5.82 Å². The standard InChI is InChI=1S/C13H19N5O/c1-14-10-6-4-2-3-5-9(10)13-17-12(18-19-13)11-15-7-8-16-11/h7-10,14H,2-6H2,1H3,(H,15,16). The minimum absolute atomic E-state index is 0.309. The summed E-state index contributed by atoms with van der Waals surface area (Å²) in [4.78, 5) is 11.6. The Kier molecular flexibility index (Phi) is 3.59. The van der Waals surface area contributed by atoms with E-state index < -0.39 is 0 Å². The molecule has 2 atom stereocenters. The second-order valence-corrected chi connectivity index (χ2v) is 5.03. The maximum absolute atomic E-state index is 5.45. The Morgan fingerprint density at radius 1 is 1.32 bits per heavy atom. The van der Waals surface area contributed by atoms with Crippen molar-refractivity contribution in [3.8, 4) is 11.6 Å². The van der Waals surface area contributed by atoms with Crippen LogP contribution in [0.5, 0.6) is 0 Å². The number of nitrogens with one attached hydrogen (secondary N) is 2. The van der Waals surface area contributed by atoms with Crippen LogP contribution in [-0.4, -0.2) is 33.2 Å². The normalized spacial score (nSPS) is 24.3. The molecule has 6 heteroatoms. The van der Waals surface area contributed by atoms with Crippen molar-refractivity contribution in [2.24, 2.45) is 0 Å². The zero-order valence-corrected chi connectivity index (χ0v) is 11.1. The van der Waals surface area contributed by atoms with Crippen LogP contribution < -0.4 is 5.32 Å². The minimum atomic E-state index is 0.309. The molecule has 0 amide bonds. The number of H-pyrrole nitrogens is 1. The van der Waals surface area contributed by atoms with Crippen LogP contribution in [-0.2, 0) is 0 Å². The maximum Gasteiger partial charge on any atom is 0.238 e. The quantitative estimate of drug-likeness (QED) is 0.827. The highest BCUT2D eigenvalue weighted by atomic mass is 16.5. The lowest BCUT2D eigenvalue weighted by molar-refractivity contribution is 0.311. The molecule has 1 saturated carbocycles. The molecule has 2 N–H and O–H groups in total. The Morgan fingerprint density at radius 2 is 2.21 bits per heavy atom. The Labute approximate surface area is 112 Å². The van der Waals surface area contributed by atoms with Gasteiger partial charge >= 0.3 is 0 Å². The van der Waals surface area contributed by atoms with Crippen LogP contribution in [0.4, 0.5) is 0 Å². The van der Waals surface area contributed by atoms with E-state index in [-0.39, 0.29) is 0 Å². The summed E-state index contributed by atoms with van der Waals surface area (Å²) in [5, 5.41) is 7.41. The molecule has 0 bridgehead atoms. The zero-order chi connectivity index (χ0) is 13.1. The molecule has 1 aliphatic carbocycles. The van der Waals surface area contributed by atoms with Crippen molar-refractivity contribution in [1.82, 2.24) is 25.4 Å². The highest BCUT2D eigenvalue weighted by molar-refractivity contribution is 5.40. The van der Waals surface area contributed by atoms with Crippen LogP contribution in [0, 0.1) is 0 Å². The average Bonchev–Trinajstić information content (AvgIpc) is 3.05. The van der Waals surface area contributed by atoms with E-state index in [4.69, 9.17) is 4.52 Å². The lowest BCUT2D eigenvalue weighted by Crippen LogP contribution is -2.31. The fourth-order valence-corrected chi connectivity index (χ4v) is 2.82. The molecule has 0 saturated heterocycles. The number of hydrogen-bond donors (Lipinski definition) is 2. The van der Waals surface area contributed by atoms with Crippen LogP contribution in [0.1, 0.15) is 43.9 Å². The highest BCUT2D eigenvalue weighted by Crippen LogP contribution is 2.31. The summed E-state index contributed by atoms with van der Waals surface area (Å²) in [6, 6.07) is 0.424. The van der Waals surface area contributed by atoms with Gasteiger partial charge in [-0.15, -0.1) is 0 Å². The number of hydrogen-bond acceptors (Lipinski definition) is 5. The highest BCUT2D eigenvalue weighted by Gasteiger charge is 2.29. The fourth-order valence-electron chi connectivity index (χ4n) is 2.82. The van der Waals surface area contributed by atoms with E-state index in [9.17, 15) is 0 Å². The Hall–Kier alpha value is -1.69. The summed E-state index contributed by atoms with van der Waals surface area (Å²) in [5.41, 5.74) is 0. The molecule has 0 radical (unpaired) electrons. The summed E-state index contributed by atoms with van der Waals surface area (Å²) < 4.78 is 5.45. The molecule has 1 aliphatic rings. The summed E-state index contributed by atoms with van der Waals surface area (Å²) in [6.07, 6.45) is 9.49. The van der Waals surface area contributed by atoms with Crippen molar-refractivity contribution in [2.45, 2.75) is 44.1 Å². The molecular formula is C13H19N5O. The lowest BCUT2D eigenvalue weighted by Gasteiger charge is -2.20. The molecule has 2 aromatic rings. The van der Waals surface area contributed by atoms with E-state index in [0.717, 1.165) is 12.3 Å². The number of aromatic nitrogens is 4. The van der Waals surface area contributed by atoms with Gasteiger partial charge in [-0.05, 0) is 19.9 Å². The van der Waals surface area contributed by atoms with Gasteiger partial charge in [-0.1, -0.05) is 24.4 Å². The predicted octanol–water partition coefficient (Wildman–Crippen LogP) is 2.10. The van der Waals surface area contributed by atoms with E-state index in [0.29, 0.717) is 23.6 Å². The molecule has 19 heavy (non-hydrogen) atoms. The van der Waals surface area contributed by atoms with Crippen molar-refractivity contribution in [3.05, 3.63) is 18.3 Å². The van der Waals surface area contributed by atoms with Gasteiger partial charge in [0.05, 0.1) is 5.92 Å². The molecule has 3 rings (SSSR count). The zero-order valence-electron chi connectivity index (χ0n) is 11.1. The molecule has 0 aromatic carbocycles. The van der Waals surface area contributed by atoms with Crippen LogP contribution in [0.3, 0.4) is 0 Å². The largest absolute Gasteiger partial charge is 0.342 e. The van der Waals surface area contributed by atoms with Gasteiger partial charge in [0, 0.05) is 18.4 Å². The smallest absolute Gasteiger partial charge is 0.238 e. The van der Waals surface area contributed by atoms with Crippen molar-refractivity contribution in [2.75, 3.05) is 7.05 Å². The third kappa shape index (κ3) is 2.53. The van der Waals surface area contributed by atoms with E-state index in [2.05, 4.69) is 25.4 Å². The third-order valence-corrected chi connectivity index (χ3v) is 3.86. The molecule has 6 nitrogen and oxygen atoms in total. The van der Waals surface area contributed by atoms with Gasteiger partial charge in [-0.25, -0.2) is 4.98 Å². The van der Waals surface area contributed by atoms with Crippen LogP contribution in [0.15, 0.2) is 16.9 Å². The first-order valence-corrected chi connectivity index (χ1v) is 6.89. The summed E-state index contributed by atoms with van der Waals surface area (Å²) in [7, 11) is 2.01. The van der Waals surface area contributed by atoms with Crippen molar-refractivity contribution < 1.29 is 4.52 Å². The number of likely N-dealkylation sites (N-methyl/N-ethyl adjacent to an activating group) is 1. The fraction of sp³-hybridized carbons (Fsp3) is 0.615. The number of imidazole rings is 1. The van der Waals surface area contributed by atoms with Crippen LogP contribution in [0.25, 0.3) is 11.6 Å². The average molecular weight is 261 g/mol. The third-order valence-electron chi connectivity index (χ3n) is 3.86. The SMILES string of the molecule is CNC1CCCCCC1c1nc(-c2ncc[nH]2)no1. The van der Waals surface area contributed by atoms with Gasteiger partial charge in [0.2, 0.25) is 11.7 Å². The molecule has 0 spiro atoms. The number of nitrogens with zero attached hydrogens (tertiary/aromatic N) is 3. The first-order chi connectivity index (χ1) is 9.38. The van der Waals surface area contributed by atoms with E-state index in [1.165, 1.54) is 25.7 Å². The first kappa shape index (κ1) is 12.3. The first-order valence-electron chi connectivity index (χ1n) is 6.89. The van der Waals surface area contributed by atoms with E-state index in [1.807, 2.05) is 7.05 Å². The van der Waals surface area contributed by atoms with Gasteiger partial charge in [-0.3, -0.25) is 0 Å². The van der Waals surface area contributed by atoms with Crippen molar-refractivity contribution in [1.29, 1.82) is 0 Å². The van der Waals surface area contributed by atoms with Gasteiger partial charge < -0.3 is 14.8 Å². The Bertz CT molecular complexity index is 507. The minimum Gasteiger partial charge on any atom is -0.342 e. The van der Waals surface area contributed by atoms with E-state index in [1.54, 1.807) is 12.4 Å². The van der Waals surface area contributed by atoms with E-state index >= 15 is 0 Å². The molecular weight excluding hydrogens is 242 g/mol. The van der Waals surface area contributed by atoms with Crippen LogP contribution in [0.2, 0.25) is 0 Å². The summed E-state index contributed by atoms with van der Waals surface area (Å²) in [5.74, 6) is 2.24. The second kappa shape index (κ2) is 5.52. The van der Waals surface area contributed by atoms with Gasteiger partial charge in [0.1, 0.15) is 0 Å². The number of aromatic amines is 1. The topological polar surface area (TPSA) is 79.6 Å². The molecule has 0 aliphatic heterocycles. The van der Waals surface area contributed by atoms with Crippen LogP contribution >= 0.6 is 0 Å².